The van der Waals surface area contributed by atoms with E-state index >= 15 is 0 Å². The summed E-state index contributed by atoms with van der Waals surface area (Å²) in [7, 11) is 0. The van der Waals surface area contributed by atoms with Crippen molar-refractivity contribution >= 4 is 27.3 Å². The number of nitrogens with zero attached hydrogens (tertiary/aromatic N) is 2. The largest absolute Gasteiger partial charge is 0.363 e. The lowest BCUT2D eigenvalue weighted by atomic mass is 9.71. The van der Waals surface area contributed by atoms with Gasteiger partial charge in [-0.2, -0.15) is 0 Å². The van der Waals surface area contributed by atoms with E-state index in [1.54, 1.807) is 12.1 Å². The number of fused-ring (bicyclic) bond motifs is 4. The zero-order valence-corrected chi connectivity index (χ0v) is 17.5. The fourth-order valence-electron chi connectivity index (χ4n) is 6.11. The van der Waals surface area contributed by atoms with Crippen molar-refractivity contribution in [2.75, 3.05) is 11.4 Å². The highest BCUT2D eigenvalue weighted by Gasteiger charge is 2.47. The van der Waals surface area contributed by atoms with Gasteiger partial charge in [0.15, 0.2) is 0 Å². The Labute approximate surface area is 178 Å². The summed E-state index contributed by atoms with van der Waals surface area (Å²) in [5, 5.41) is 11.1. The Balaban J connectivity index is 1.54. The molecule has 6 rings (SSSR count). The van der Waals surface area contributed by atoms with Crippen molar-refractivity contribution in [3.63, 3.8) is 0 Å². The molecule has 29 heavy (non-hydrogen) atoms. The number of hydrogen-bond donors (Lipinski definition) is 0. The van der Waals surface area contributed by atoms with E-state index in [2.05, 4.69) is 57.3 Å². The predicted octanol–water partition coefficient (Wildman–Crippen LogP) is 6.25. The van der Waals surface area contributed by atoms with Crippen LogP contribution in [0, 0.1) is 22.0 Å². The monoisotopic (exact) mass is 448 g/mol. The van der Waals surface area contributed by atoms with E-state index in [1.165, 1.54) is 26.9 Å². The van der Waals surface area contributed by atoms with Crippen LogP contribution in [0.3, 0.4) is 0 Å². The molecule has 2 aromatic rings. The van der Waals surface area contributed by atoms with E-state index in [4.69, 9.17) is 0 Å². The maximum absolute atomic E-state index is 11.1. The minimum absolute atomic E-state index is 0.161. The molecule has 5 heteroatoms. The van der Waals surface area contributed by atoms with Gasteiger partial charge in [-0.05, 0) is 53.5 Å². The molecule has 4 aliphatic rings. The summed E-state index contributed by atoms with van der Waals surface area (Å²) in [5.74, 6) is 1.98. The number of hydrogen-bond acceptors (Lipinski definition) is 3. The molecule has 146 valence electrons. The van der Waals surface area contributed by atoms with Gasteiger partial charge in [-0.15, -0.1) is 0 Å². The van der Waals surface area contributed by atoms with Crippen molar-refractivity contribution in [1.29, 1.82) is 0 Å². The fraction of sp³-hybridized carbons (Fsp3) is 0.333. The van der Waals surface area contributed by atoms with E-state index in [1.807, 2.05) is 12.1 Å². The summed E-state index contributed by atoms with van der Waals surface area (Å²) < 4.78 is 1.17. The van der Waals surface area contributed by atoms with E-state index in [-0.39, 0.29) is 16.7 Å². The lowest BCUT2D eigenvalue weighted by molar-refractivity contribution is -0.384. The van der Waals surface area contributed by atoms with Gasteiger partial charge in [0.1, 0.15) is 0 Å². The molecule has 0 radical (unpaired) electrons. The molecule has 0 N–H and O–H groups in total. The van der Waals surface area contributed by atoms with Crippen molar-refractivity contribution in [1.82, 2.24) is 0 Å². The van der Waals surface area contributed by atoms with Crippen LogP contribution in [0.1, 0.15) is 47.4 Å². The summed E-state index contributed by atoms with van der Waals surface area (Å²) >= 11 is 3.77. The van der Waals surface area contributed by atoms with Gasteiger partial charge in [0.05, 0.1) is 11.0 Å². The van der Waals surface area contributed by atoms with Gasteiger partial charge in [-0.25, -0.2) is 0 Å². The highest BCUT2D eigenvalue weighted by atomic mass is 79.9. The van der Waals surface area contributed by atoms with Crippen molar-refractivity contribution in [3.05, 3.63) is 92.0 Å². The average Bonchev–Trinajstić information content (AvgIpc) is 3.37. The van der Waals surface area contributed by atoms with E-state index in [0.29, 0.717) is 23.7 Å². The summed E-state index contributed by atoms with van der Waals surface area (Å²) in [6.45, 7) is 1.05. The minimum atomic E-state index is -0.314. The van der Waals surface area contributed by atoms with Crippen molar-refractivity contribution in [2.24, 2.45) is 11.8 Å². The maximum Gasteiger partial charge on any atom is 0.269 e. The second kappa shape index (κ2) is 6.30. The molecule has 0 spiro atoms. The van der Waals surface area contributed by atoms with E-state index in [9.17, 15) is 10.1 Å². The van der Waals surface area contributed by atoms with Crippen molar-refractivity contribution in [2.45, 2.75) is 30.7 Å². The quantitative estimate of drug-likeness (QED) is 0.309. The van der Waals surface area contributed by atoms with Gasteiger partial charge in [0.2, 0.25) is 0 Å². The van der Waals surface area contributed by atoms with Gasteiger partial charge in [-0.3, -0.25) is 10.1 Å². The number of non-ortho nitro benzene ring substituents is 1. The van der Waals surface area contributed by atoms with Crippen LogP contribution in [0.2, 0.25) is 0 Å². The number of allylic oxidation sites excluding steroid dienone is 4. The Bertz CT molecular complexity index is 1060. The molecule has 0 bridgehead atoms. The van der Waals surface area contributed by atoms with Gasteiger partial charge >= 0.3 is 0 Å². The first kappa shape index (κ1) is 17.5. The third-order valence-corrected chi connectivity index (χ3v) is 7.72. The summed E-state index contributed by atoms with van der Waals surface area (Å²) in [4.78, 5) is 13.5. The Morgan fingerprint density at radius 3 is 2.45 bits per heavy atom. The molecular formula is C24H21BrN2O2. The Morgan fingerprint density at radius 2 is 1.69 bits per heavy atom. The summed E-state index contributed by atoms with van der Waals surface area (Å²) in [6.07, 6.45) is 11.6. The third kappa shape index (κ3) is 2.49. The first-order valence-electron chi connectivity index (χ1n) is 10.3. The zero-order valence-electron chi connectivity index (χ0n) is 15.9. The topological polar surface area (TPSA) is 46.4 Å². The predicted molar refractivity (Wildman–Crippen MR) is 117 cm³/mol. The number of nitro groups is 1. The number of nitro benzene ring substituents is 1. The Kier molecular flexibility index (Phi) is 3.79. The molecule has 4 nitrogen and oxygen atoms in total. The summed E-state index contributed by atoms with van der Waals surface area (Å²) in [5.41, 5.74) is 5.62. The van der Waals surface area contributed by atoms with Crippen LogP contribution in [0.15, 0.2) is 65.2 Å². The van der Waals surface area contributed by atoms with Crippen LogP contribution in [0.25, 0.3) is 0 Å². The smallest absolute Gasteiger partial charge is 0.269 e. The molecule has 0 aromatic heterocycles. The molecule has 2 aliphatic carbocycles. The molecule has 2 aromatic carbocycles. The van der Waals surface area contributed by atoms with Gasteiger partial charge in [0.25, 0.3) is 5.69 Å². The molecule has 0 amide bonds. The minimum Gasteiger partial charge on any atom is -0.363 e. The second-order valence-electron chi connectivity index (χ2n) is 8.68. The highest BCUT2D eigenvalue weighted by molar-refractivity contribution is 9.10. The van der Waals surface area contributed by atoms with Crippen LogP contribution < -0.4 is 4.90 Å². The molecule has 0 fully saturated rings. The number of anilines is 1. The number of benzene rings is 2. The second-order valence-corrected chi connectivity index (χ2v) is 9.60. The fourth-order valence-corrected chi connectivity index (χ4v) is 6.60. The maximum atomic E-state index is 11.1. The first-order chi connectivity index (χ1) is 14.1. The van der Waals surface area contributed by atoms with Crippen LogP contribution in [0.4, 0.5) is 11.4 Å². The van der Waals surface area contributed by atoms with Crippen molar-refractivity contribution in [3.8, 4) is 0 Å². The lowest BCUT2D eigenvalue weighted by Gasteiger charge is -2.51. The number of rotatable bonds is 2. The molecule has 0 saturated heterocycles. The van der Waals surface area contributed by atoms with Gasteiger partial charge < -0.3 is 4.90 Å². The molecule has 0 unspecified atom stereocenters. The SMILES string of the molecule is O=[N+]([O-])c1ccc([C@@H]2[C@@H]3CC=C[C@@H]3c3cc(Br)cc4c3N2C[C@H]2CC=C[C@H]42)cc1. The van der Waals surface area contributed by atoms with Gasteiger partial charge in [0, 0.05) is 40.7 Å². The molecule has 0 saturated carbocycles. The van der Waals surface area contributed by atoms with Crippen LogP contribution in [-0.2, 0) is 0 Å². The Hall–Kier alpha value is -2.40. The highest BCUT2D eigenvalue weighted by Crippen LogP contribution is 2.59. The summed E-state index contributed by atoms with van der Waals surface area (Å²) in [6, 6.07) is 12.1. The van der Waals surface area contributed by atoms with Crippen LogP contribution in [0.5, 0.6) is 0 Å². The third-order valence-electron chi connectivity index (χ3n) is 7.26. The number of halogens is 1. The molecule has 2 heterocycles. The van der Waals surface area contributed by atoms with Crippen LogP contribution >= 0.6 is 15.9 Å². The van der Waals surface area contributed by atoms with Crippen LogP contribution in [-0.4, -0.2) is 11.5 Å². The van der Waals surface area contributed by atoms with Crippen molar-refractivity contribution < 1.29 is 4.92 Å². The average molecular weight is 449 g/mol. The standard InChI is InChI=1S/C24H21BrN2O2/c25-16-11-21-18-4-1-3-15(18)13-26-23(14-7-9-17(10-8-14)27(28)29)20-6-2-5-19(20)22(12-16)24(21)26/h1-2,4-5,7-12,15,18-20,23H,3,6,13H2/t15-,18+,19+,20-,23-/m1/s1. The molecular weight excluding hydrogens is 428 g/mol. The van der Waals surface area contributed by atoms with Gasteiger partial charge in [-0.1, -0.05) is 52.4 Å². The van der Waals surface area contributed by atoms with E-state index < -0.39 is 0 Å². The first-order valence-corrected chi connectivity index (χ1v) is 11.1. The Morgan fingerprint density at radius 1 is 1.00 bits per heavy atom. The molecule has 5 atom stereocenters. The molecule has 2 aliphatic heterocycles. The zero-order chi connectivity index (χ0) is 19.7. The normalized spacial score (nSPS) is 30.8. The lowest BCUT2D eigenvalue weighted by Crippen LogP contribution is -2.46. The van der Waals surface area contributed by atoms with E-state index in [0.717, 1.165) is 19.4 Å².